The van der Waals surface area contributed by atoms with Gasteiger partial charge in [0, 0.05) is 24.2 Å². The van der Waals surface area contributed by atoms with Crippen LogP contribution in [0.4, 0.5) is 4.79 Å². The second kappa shape index (κ2) is 7.55. The van der Waals surface area contributed by atoms with E-state index in [1.54, 1.807) is 27.7 Å². The summed E-state index contributed by atoms with van der Waals surface area (Å²) in [5.74, 6) is 0. The van der Waals surface area contributed by atoms with Gasteiger partial charge in [-0.3, -0.25) is 4.57 Å². The molecular formula is C20H26ClN3O5S. The van der Waals surface area contributed by atoms with Gasteiger partial charge in [-0.1, -0.05) is 23.3 Å². The second-order valence-corrected chi connectivity index (χ2v) is 11.0. The van der Waals surface area contributed by atoms with Crippen molar-refractivity contribution >= 4 is 38.8 Å². The maximum absolute atomic E-state index is 13.5. The predicted molar refractivity (Wildman–Crippen MR) is 116 cm³/mol. The fourth-order valence-corrected chi connectivity index (χ4v) is 5.52. The molecule has 1 aliphatic rings. The largest absolute Gasteiger partial charge is 0.443 e. The number of ether oxygens (including phenoxy) is 1. The highest BCUT2D eigenvalue weighted by atomic mass is 35.5. The number of sulfonamides is 1. The lowest BCUT2D eigenvalue weighted by Gasteiger charge is -2.25. The first-order chi connectivity index (χ1) is 13.7. The van der Waals surface area contributed by atoms with E-state index >= 15 is 0 Å². The Morgan fingerprint density at radius 2 is 1.93 bits per heavy atom. The number of hydrogen-bond donors (Lipinski definition) is 0. The van der Waals surface area contributed by atoms with Crippen LogP contribution in [0.15, 0.2) is 33.5 Å². The molecule has 164 valence electrons. The molecule has 30 heavy (non-hydrogen) atoms. The number of allylic oxidation sites excluding steroid dienone is 1. The fourth-order valence-electron chi connectivity index (χ4n) is 3.44. The van der Waals surface area contributed by atoms with Crippen molar-refractivity contribution < 1.29 is 17.9 Å². The van der Waals surface area contributed by atoms with Crippen LogP contribution in [0.5, 0.6) is 0 Å². The van der Waals surface area contributed by atoms with Crippen LogP contribution in [0, 0.1) is 0 Å². The number of aromatic nitrogens is 2. The third kappa shape index (κ3) is 3.93. The number of benzene rings is 1. The summed E-state index contributed by atoms with van der Waals surface area (Å²) in [4.78, 5) is 25.8. The number of hydrogen-bond acceptors (Lipinski definition) is 5. The molecule has 0 fully saturated rings. The van der Waals surface area contributed by atoms with Gasteiger partial charge in [0.25, 0.3) is 0 Å². The van der Waals surface area contributed by atoms with Crippen LogP contribution in [-0.4, -0.2) is 46.1 Å². The smallest absolute Gasteiger partial charge is 0.423 e. The van der Waals surface area contributed by atoms with Crippen molar-refractivity contribution in [2.24, 2.45) is 0 Å². The Morgan fingerprint density at radius 3 is 2.50 bits per heavy atom. The topological polar surface area (TPSA) is 90.6 Å². The van der Waals surface area contributed by atoms with E-state index < -0.39 is 33.4 Å². The highest BCUT2D eigenvalue weighted by molar-refractivity contribution is 7.89. The third-order valence-electron chi connectivity index (χ3n) is 4.73. The molecule has 1 unspecified atom stereocenters. The second-order valence-electron chi connectivity index (χ2n) is 8.69. The Labute approximate surface area is 180 Å². The normalized spacial score (nSPS) is 18.8. The Kier molecular flexibility index (Phi) is 5.68. The van der Waals surface area contributed by atoms with Crippen molar-refractivity contribution in [1.29, 1.82) is 0 Å². The number of carbonyl (C=O) groups is 1. The first-order valence-electron chi connectivity index (χ1n) is 9.57. The van der Waals surface area contributed by atoms with Crippen molar-refractivity contribution in [3.63, 3.8) is 0 Å². The zero-order valence-corrected chi connectivity index (χ0v) is 19.5. The molecule has 0 spiro atoms. The van der Waals surface area contributed by atoms with Crippen LogP contribution in [0.1, 0.15) is 41.5 Å². The molecule has 1 aromatic carbocycles. The van der Waals surface area contributed by atoms with E-state index in [4.69, 9.17) is 16.3 Å². The Bertz CT molecular complexity index is 1210. The number of halogens is 1. The summed E-state index contributed by atoms with van der Waals surface area (Å²) in [6.45, 7) is 10.8. The molecule has 1 aromatic heterocycles. The number of rotatable bonds is 2. The van der Waals surface area contributed by atoms with Crippen LogP contribution >= 0.6 is 11.6 Å². The van der Waals surface area contributed by atoms with E-state index in [-0.39, 0.29) is 34.0 Å². The predicted octanol–water partition coefficient (Wildman–Crippen LogP) is 3.60. The van der Waals surface area contributed by atoms with E-state index in [0.29, 0.717) is 0 Å². The van der Waals surface area contributed by atoms with Crippen LogP contribution in [0.3, 0.4) is 0 Å². The molecule has 0 amide bonds. The highest BCUT2D eigenvalue weighted by Gasteiger charge is 2.37. The molecule has 0 saturated heterocycles. The maximum atomic E-state index is 13.5. The lowest BCUT2D eigenvalue weighted by Crippen LogP contribution is -2.41. The van der Waals surface area contributed by atoms with Crippen molar-refractivity contribution in [2.45, 2.75) is 64.6 Å². The van der Waals surface area contributed by atoms with Gasteiger partial charge in [-0.15, -0.1) is 0 Å². The minimum atomic E-state index is -3.98. The molecule has 3 rings (SSSR count). The minimum absolute atomic E-state index is 0.0929. The van der Waals surface area contributed by atoms with Gasteiger partial charge in [-0.2, -0.15) is 8.87 Å². The SMILES string of the molecule is CC(C)=CCN1C(C)Cn2c(=O)n(C(=O)OC(C)(C)C)c3cc(Cl)cc(c32)S1(=O)=O. The molecule has 2 heterocycles. The Hall–Kier alpha value is -2.10. The van der Waals surface area contributed by atoms with Gasteiger partial charge in [0.2, 0.25) is 10.0 Å². The van der Waals surface area contributed by atoms with E-state index in [1.807, 2.05) is 19.9 Å². The Balaban J connectivity index is 2.33. The fraction of sp³-hybridized carbons (Fsp3) is 0.500. The molecule has 0 bridgehead atoms. The number of carbonyl (C=O) groups excluding carboxylic acids is 1. The van der Waals surface area contributed by atoms with Crippen LogP contribution in [0.2, 0.25) is 5.02 Å². The zero-order chi connectivity index (χ0) is 22.6. The van der Waals surface area contributed by atoms with Gasteiger partial charge in [0.1, 0.15) is 10.5 Å². The first-order valence-corrected chi connectivity index (χ1v) is 11.4. The van der Waals surface area contributed by atoms with Crippen molar-refractivity contribution in [2.75, 3.05) is 6.54 Å². The molecular weight excluding hydrogens is 430 g/mol. The number of nitrogens with zero attached hydrogens (tertiary/aromatic N) is 3. The molecule has 10 heteroatoms. The van der Waals surface area contributed by atoms with Gasteiger partial charge in [-0.25, -0.2) is 18.0 Å². The Morgan fingerprint density at radius 1 is 1.30 bits per heavy atom. The lowest BCUT2D eigenvalue weighted by atomic mass is 10.2. The quantitative estimate of drug-likeness (QED) is 0.645. The molecule has 1 atom stereocenters. The van der Waals surface area contributed by atoms with Crippen molar-refractivity contribution in [3.8, 4) is 0 Å². The maximum Gasteiger partial charge on any atom is 0.423 e. The van der Waals surface area contributed by atoms with E-state index in [2.05, 4.69) is 0 Å². The average Bonchev–Trinajstić information content (AvgIpc) is 2.79. The van der Waals surface area contributed by atoms with Crippen LogP contribution in [0.25, 0.3) is 11.0 Å². The van der Waals surface area contributed by atoms with Gasteiger partial charge >= 0.3 is 11.8 Å². The third-order valence-corrected chi connectivity index (χ3v) is 6.94. The summed E-state index contributed by atoms with van der Waals surface area (Å²) in [7, 11) is -3.98. The standard InChI is InChI=1S/C20H26ClN3O5S/c1-12(2)7-8-23-13(3)11-22-17-15(9-14(21)10-16(17)30(23,27)28)24(18(22)25)19(26)29-20(4,5)6/h7,9-10,13H,8,11H2,1-6H3. The molecule has 8 nitrogen and oxygen atoms in total. The van der Waals surface area contributed by atoms with Crippen molar-refractivity contribution in [1.82, 2.24) is 13.4 Å². The summed E-state index contributed by atoms with van der Waals surface area (Å²) in [6, 6.07) is 2.21. The molecule has 0 N–H and O–H groups in total. The average molecular weight is 456 g/mol. The lowest BCUT2D eigenvalue weighted by molar-refractivity contribution is 0.0536. The van der Waals surface area contributed by atoms with Gasteiger partial charge in [-0.05, 0) is 53.7 Å². The van der Waals surface area contributed by atoms with Gasteiger partial charge < -0.3 is 4.74 Å². The van der Waals surface area contributed by atoms with E-state index in [0.717, 1.165) is 10.1 Å². The number of imidazole rings is 1. The monoisotopic (exact) mass is 455 g/mol. The van der Waals surface area contributed by atoms with Crippen LogP contribution < -0.4 is 5.69 Å². The zero-order valence-electron chi connectivity index (χ0n) is 17.9. The van der Waals surface area contributed by atoms with Gasteiger partial charge in [0.05, 0.1) is 11.0 Å². The summed E-state index contributed by atoms with van der Waals surface area (Å²) in [6.07, 6.45) is 0.937. The molecule has 1 aliphatic heterocycles. The summed E-state index contributed by atoms with van der Waals surface area (Å²) in [5, 5.41) is 0.104. The van der Waals surface area contributed by atoms with Crippen molar-refractivity contribution in [3.05, 3.63) is 39.3 Å². The highest BCUT2D eigenvalue weighted by Crippen LogP contribution is 2.33. The summed E-state index contributed by atoms with van der Waals surface area (Å²) < 4.78 is 35.9. The molecule has 2 aromatic rings. The molecule has 0 radical (unpaired) electrons. The van der Waals surface area contributed by atoms with Crippen LogP contribution in [-0.2, 0) is 21.3 Å². The van der Waals surface area contributed by atoms with E-state index in [1.165, 1.54) is 21.0 Å². The minimum Gasteiger partial charge on any atom is -0.443 e. The molecule has 0 aliphatic carbocycles. The van der Waals surface area contributed by atoms with E-state index in [9.17, 15) is 18.0 Å². The van der Waals surface area contributed by atoms with Gasteiger partial charge in [0.15, 0.2) is 0 Å². The summed E-state index contributed by atoms with van der Waals surface area (Å²) in [5.41, 5.74) is -0.249. The molecule has 0 saturated carbocycles. The first kappa shape index (κ1) is 22.6. The summed E-state index contributed by atoms with van der Waals surface area (Å²) >= 11 is 6.22.